The second-order valence-electron chi connectivity index (χ2n) is 7.16. The third-order valence-corrected chi connectivity index (χ3v) is 5.43. The van der Waals surface area contributed by atoms with Gasteiger partial charge in [0.15, 0.2) is 0 Å². The number of likely N-dealkylation sites (tertiary alicyclic amines) is 1. The smallest absolute Gasteiger partial charge is 0.321 e. The van der Waals surface area contributed by atoms with E-state index < -0.39 is 0 Å². The SMILES string of the molecule is Nc1ccc(-c2ccc(F)cc2)cc1NC(=O)N1CC2CCNCC2C1. The standard InChI is InChI=1S/C20H23FN4O/c21-17-4-1-13(2-5-17)14-3-6-18(22)19(9-14)24-20(26)25-11-15-7-8-23-10-16(15)12-25/h1-6,9,15-16,23H,7-8,10-12,22H2,(H,24,26). The minimum atomic E-state index is -0.275. The number of amides is 2. The van der Waals surface area contributed by atoms with E-state index in [9.17, 15) is 9.18 Å². The van der Waals surface area contributed by atoms with Crippen LogP contribution in [-0.4, -0.2) is 37.1 Å². The van der Waals surface area contributed by atoms with Gasteiger partial charge in [-0.25, -0.2) is 9.18 Å². The number of nitrogen functional groups attached to an aromatic ring is 1. The summed E-state index contributed by atoms with van der Waals surface area (Å²) >= 11 is 0. The van der Waals surface area contributed by atoms with E-state index in [0.717, 1.165) is 43.7 Å². The molecule has 136 valence electrons. The van der Waals surface area contributed by atoms with E-state index in [1.165, 1.54) is 12.1 Å². The number of carbonyl (C=O) groups excluding carboxylic acids is 1. The maximum absolute atomic E-state index is 13.1. The van der Waals surface area contributed by atoms with Gasteiger partial charge >= 0.3 is 6.03 Å². The molecule has 2 aliphatic rings. The van der Waals surface area contributed by atoms with Crippen LogP contribution in [0.1, 0.15) is 6.42 Å². The van der Waals surface area contributed by atoms with Crippen LogP contribution in [0.3, 0.4) is 0 Å². The van der Waals surface area contributed by atoms with E-state index in [2.05, 4.69) is 10.6 Å². The molecule has 2 aromatic carbocycles. The van der Waals surface area contributed by atoms with Crippen molar-refractivity contribution in [2.45, 2.75) is 6.42 Å². The highest BCUT2D eigenvalue weighted by Crippen LogP contribution is 2.30. The summed E-state index contributed by atoms with van der Waals surface area (Å²) in [6, 6.07) is 11.6. The maximum atomic E-state index is 13.1. The molecule has 4 N–H and O–H groups in total. The Kier molecular flexibility index (Phi) is 4.51. The number of piperidine rings is 1. The number of carbonyl (C=O) groups is 1. The predicted octanol–water partition coefficient (Wildman–Crippen LogP) is 3.15. The van der Waals surface area contributed by atoms with Crippen LogP contribution in [0.15, 0.2) is 42.5 Å². The van der Waals surface area contributed by atoms with Crippen LogP contribution in [-0.2, 0) is 0 Å². The lowest BCUT2D eigenvalue weighted by Crippen LogP contribution is -2.36. The van der Waals surface area contributed by atoms with Crippen molar-refractivity contribution in [1.82, 2.24) is 10.2 Å². The van der Waals surface area contributed by atoms with Gasteiger partial charge in [0.05, 0.1) is 11.4 Å². The number of urea groups is 1. The fraction of sp³-hybridized carbons (Fsp3) is 0.350. The molecular formula is C20H23FN4O. The summed E-state index contributed by atoms with van der Waals surface area (Å²) in [6.45, 7) is 3.59. The lowest BCUT2D eigenvalue weighted by atomic mass is 9.90. The van der Waals surface area contributed by atoms with Crippen LogP contribution in [0, 0.1) is 17.7 Å². The van der Waals surface area contributed by atoms with Gasteiger partial charge in [-0.05, 0) is 66.7 Å². The molecule has 2 fully saturated rings. The van der Waals surface area contributed by atoms with E-state index in [-0.39, 0.29) is 11.8 Å². The second kappa shape index (κ2) is 6.96. The van der Waals surface area contributed by atoms with E-state index >= 15 is 0 Å². The number of hydrogen-bond acceptors (Lipinski definition) is 3. The fourth-order valence-electron chi connectivity index (χ4n) is 3.92. The lowest BCUT2D eigenvalue weighted by molar-refractivity contribution is 0.220. The topological polar surface area (TPSA) is 70.4 Å². The van der Waals surface area contributed by atoms with Gasteiger partial charge in [-0.15, -0.1) is 0 Å². The van der Waals surface area contributed by atoms with Crippen LogP contribution in [0.2, 0.25) is 0 Å². The van der Waals surface area contributed by atoms with Crippen molar-refractivity contribution in [3.63, 3.8) is 0 Å². The molecule has 0 spiro atoms. The van der Waals surface area contributed by atoms with E-state index in [0.29, 0.717) is 23.2 Å². The first-order valence-electron chi connectivity index (χ1n) is 9.02. The molecule has 2 aliphatic heterocycles. The number of hydrogen-bond donors (Lipinski definition) is 3. The molecule has 2 amide bonds. The average molecular weight is 354 g/mol. The van der Waals surface area contributed by atoms with Gasteiger partial charge in [-0.1, -0.05) is 18.2 Å². The zero-order valence-corrected chi connectivity index (χ0v) is 14.5. The van der Waals surface area contributed by atoms with Gasteiger partial charge in [-0.3, -0.25) is 0 Å². The molecule has 2 heterocycles. The minimum Gasteiger partial charge on any atom is -0.397 e. The molecule has 6 heteroatoms. The predicted molar refractivity (Wildman–Crippen MR) is 101 cm³/mol. The molecule has 26 heavy (non-hydrogen) atoms. The Morgan fingerprint density at radius 3 is 2.62 bits per heavy atom. The van der Waals surface area contributed by atoms with Gasteiger partial charge < -0.3 is 21.3 Å². The zero-order valence-electron chi connectivity index (χ0n) is 14.5. The van der Waals surface area contributed by atoms with Gasteiger partial charge in [0, 0.05) is 13.1 Å². The normalized spacial score (nSPS) is 22.1. The summed E-state index contributed by atoms with van der Waals surface area (Å²) in [5, 5.41) is 6.35. The number of nitrogens with zero attached hydrogens (tertiary/aromatic N) is 1. The quantitative estimate of drug-likeness (QED) is 0.726. The summed E-state index contributed by atoms with van der Waals surface area (Å²) in [4.78, 5) is 14.6. The molecule has 0 radical (unpaired) electrons. The second-order valence-corrected chi connectivity index (χ2v) is 7.16. The van der Waals surface area contributed by atoms with Crippen molar-refractivity contribution in [3.05, 3.63) is 48.3 Å². The molecule has 0 bridgehead atoms. The van der Waals surface area contributed by atoms with Crippen molar-refractivity contribution in [2.24, 2.45) is 11.8 Å². The molecule has 2 atom stereocenters. The van der Waals surface area contributed by atoms with Crippen molar-refractivity contribution in [1.29, 1.82) is 0 Å². The zero-order chi connectivity index (χ0) is 18.1. The first kappa shape index (κ1) is 16.8. The van der Waals surface area contributed by atoms with Gasteiger partial charge in [0.25, 0.3) is 0 Å². The summed E-state index contributed by atoms with van der Waals surface area (Å²) in [7, 11) is 0. The Hall–Kier alpha value is -2.60. The van der Waals surface area contributed by atoms with Crippen LogP contribution in [0.4, 0.5) is 20.6 Å². The number of rotatable bonds is 2. The highest BCUT2D eigenvalue weighted by atomic mass is 19.1. The largest absolute Gasteiger partial charge is 0.397 e. The Morgan fingerprint density at radius 2 is 1.85 bits per heavy atom. The first-order valence-corrected chi connectivity index (χ1v) is 9.02. The molecule has 4 rings (SSSR count). The molecule has 2 aromatic rings. The fourth-order valence-corrected chi connectivity index (χ4v) is 3.92. The minimum absolute atomic E-state index is 0.109. The van der Waals surface area contributed by atoms with Crippen molar-refractivity contribution >= 4 is 17.4 Å². The van der Waals surface area contributed by atoms with E-state index in [1.54, 1.807) is 18.2 Å². The number of benzene rings is 2. The molecular weight excluding hydrogens is 331 g/mol. The van der Waals surface area contributed by atoms with Crippen molar-refractivity contribution in [3.8, 4) is 11.1 Å². The number of anilines is 2. The van der Waals surface area contributed by atoms with Gasteiger partial charge in [0.2, 0.25) is 0 Å². The molecule has 0 aromatic heterocycles. The van der Waals surface area contributed by atoms with Crippen molar-refractivity contribution < 1.29 is 9.18 Å². The lowest BCUT2D eigenvalue weighted by Gasteiger charge is -2.23. The Labute approximate surface area is 152 Å². The van der Waals surface area contributed by atoms with Crippen LogP contribution >= 0.6 is 0 Å². The van der Waals surface area contributed by atoms with Crippen LogP contribution in [0.25, 0.3) is 11.1 Å². The van der Waals surface area contributed by atoms with Crippen molar-refractivity contribution in [2.75, 3.05) is 37.2 Å². The Morgan fingerprint density at radius 1 is 1.12 bits per heavy atom. The summed E-state index contributed by atoms with van der Waals surface area (Å²) < 4.78 is 13.1. The monoisotopic (exact) mass is 354 g/mol. The summed E-state index contributed by atoms with van der Waals surface area (Å²) in [5.41, 5.74) is 8.91. The summed E-state index contributed by atoms with van der Waals surface area (Å²) in [5.74, 6) is 0.852. The van der Waals surface area contributed by atoms with E-state index in [1.807, 2.05) is 17.0 Å². The molecule has 2 unspecified atom stereocenters. The van der Waals surface area contributed by atoms with E-state index in [4.69, 9.17) is 5.73 Å². The highest BCUT2D eigenvalue weighted by Gasteiger charge is 2.36. The summed E-state index contributed by atoms with van der Waals surface area (Å²) in [6.07, 6.45) is 1.12. The molecule has 5 nitrogen and oxygen atoms in total. The van der Waals surface area contributed by atoms with Gasteiger partial charge in [-0.2, -0.15) is 0 Å². The average Bonchev–Trinajstić information content (AvgIpc) is 3.09. The third kappa shape index (κ3) is 3.37. The number of halogens is 1. The Bertz CT molecular complexity index is 794. The number of nitrogens with two attached hydrogens (primary N) is 1. The van der Waals surface area contributed by atoms with Crippen LogP contribution < -0.4 is 16.4 Å². The first-order chi connectivity index (χ1) is 12.6. The van der Waals surface area contributed by atoms with Crippen LogP contribution in [0.5, 0.6) is 0 Å². The third-order valence-electron chi connectivity index (χ3n) is 5.43. The van der Waals surface area contributed by atoms with Gasteiger partial charge in [0.1, 0.15) is 5.82 Å². The maximum Gasteiger partial charge on any atom is 0.321 e. The molecule has 0 saturated carbocycles. The number of fused-ring (bicyclic) bond motifs is 1. The molecule has 2 saturated heterocycles. The number of nitrogens with one attached hydrogen (secondary N) is 2. The highest BCUT2D eigenvalue weighted by molar-refractivity contribution is 5.94. The molecule has 0 aliphatic carbocycles. The Balaban J connectivity index is 1.49.